The topological polar surface area (TPSA) is 352 Å². The number of ether oxygens (including phenoxy) is 1. The summed E-state index contributed by atoms with van der Waals surface area (Å²) in [6, 6.07) is 5.90. The van der Waals surface area contributed by atoms with Crippen molar-refractivity contribution in [3.05, 3.63) is 119 Å². The number of amides is 8. The average Bonchev–Trinajstić information content (AvgIpc) is 1.53. The normalized spacial score (nSPS) is 18.3. The molecule has 6 aromatic heterocycles. The Balaban J connectivity index is 0.675. The summed E-state index contributed by atoms with van der Waals surface area (Å²) in [5.41, 5.74) is -0.0621. The number of rotatable bonds is 17. The number of imidazole rings is 2. The monoisotopic (exact) mass is 1140 g/mol. The first-order chi connectivity index (χ1) is 39.3. The minimum atomic E-state index is -1.77. The summed E-state index contributed by atoms with van der Waals surface area (Å²) in [4.78, 5) is 155. The second-order valence-electron chi connectivity index (χ2n) is 20.9. The maximum atomic E-state index is 14.1. The highest BCUT2D eigenvalue weighted by Crippen LogP contribution is 2.70. The zero-order chi connectivity index (χ0) is 59.7. The average molecular weight is 1140 g/mol. The molecule has 1 saturated heterocycles. The SMILES string of the molecule is COC(=O)[C@@]1(C)NC2=C(C1=O)[C@]13C[C@H]1CN(C(=O)c1cc(NC(=O)c4nc(NC(=O)c5cc(NC(=O)CCCNC(=O)c6cc(NC(=O)c7cc(NC(=O)c8nc(NC(C)=O)cn8C)cn7C)cn6C)cn5C)cn4C)cn1C)C3=CC2=O. The first-order valence-corrected chi connectivity index (χ1v) is 25.9. The molecule has 0 radical (unpaired) electrons. The van der Waals surface area contributed by atoms with Crippen molar-refractivity contribution in [2.24, 2.45) is 53.6 Å². The lowest BCUT2D eigenvalue weighted by Gasteiger charge is -2.28. The third-order valence-electron chi connectivity index (χ3n) is 14.9. The number of hydrogen-bond acceptors (Lipinski definition) is 15. The lowest BCUT2D eigenvalue weighted by Crippen LogP contribution is -2.52. The fourth-order valence-electron chi connectivity index (χ4n) is 10.9. The number of piperidine rings is 1. The highest BCUT2D eigenvalue weighted by Gasteiger charge is 2.73. The summed E-state index contributed by atoms with van der Waals surface area (Å²) in [6.07, 6.45) is 11.2. The highest BCUT2D eigenvalue weighted by molar-refractivity contribution is 6.26. The number of methoxy groups -OCH3 is 1. The molecule has 0 bridgehead atoms. The summed E-state index contributed by atoms with van der Waals surface area (Å²) >= 11 is 0. The fraction of sp³-hybridized carbons (Fsp3) is 0.315. The minimum absolute atomic E-state index is 0.0182. The van der Waals surface area contributed by atoms with Gasteiger partial charge < -0.3 is 79.6 Å². The molecule has 83 heavy (non-hydrogen) atoms. The predicted molar refractivity (Wildman–Crippen MR) is 295 cm³/mol. The quantitative estimate of drug-likeness (QED) is 0.0367. The molecule has 8 N–H and O–H groups in total. The van der Waals surface area contributed by atoms with Crippen LogP contribution >= 0.6 is 0 Å². The standard InChI is InChI=1S/C54H57N17O12/c1-26(72)56-38-24-69(7)44(61-38)49(79)59-30-15-33(67(5)22-30)47(77)58-29-14-32(65(3)21-29)46(76)55-12-10-11-40(74)57-28-13-34(66(4)20-28)48(78)63-39-25-70(8)45(62-39)50(80)60-31-16-35(68(6)23-31)51(81)71-19-27-18-54(27)37(71)17-36(73)42-41(54)43(75)53(2,64-42)52(82)83-9/h13-17,20-25,27,64H,10-12,18-19H2,1-9H3,(H,55,76)(H,56,72)(H,57,74)(H,58,77)(H,59,79)(H,60,80)(H,63,78)/t27-,53-,54+/m0/s1. The van der Waals surface area contributed by atoms with Gasteiger partial charge in [-0.2, -0.15) is 0 Å². The van der Waals surface area contributed by atoms with E-state index in [1.165, 1.54) is 95.1 Å². The van der Waals surface area contributed by atoms with Crippen LogP contribution in [0.3, 0.4) is 0 Å². The Bertz CT molecular complexity index is 3930. The largest absolute Gasteiger partial charge is 0.467 e. The van der Waals surface area contributed by atoms with Gasteiger partial charge in [0, 0.05) is 129 Å². The number of aromatic nitrogens is 8. The van der Waals surface area contributed by atoms with Gasteiger partial charge in [0.1, 0.15) is 22.8 Å². The van der Waals surface area contributed by atoms with Crippen LogP contribution in [-0.4, -0.2) is 133 Å². The van der Waals surface area contributed by atoms with Crippen LogP contribution in [0.5, 0.6) is 0 Å². The van der Waals surface area contributed by atoms with E-state index in [4.69, 9.17) is 4.74 Å². The van der Waals surface area contributed by atoms with Crippen molar-refractivity contribution in [2.75, 3.05) is 52.1 Å². The fourth-order valence-corrected chi connectivity index (χ4v) is 10.9. The third-order valence-corrected chi connectivity index (χ3v) is 14.9. The van der Waals surface area contributed by atoms with Gasteiger partial charge in [0.05, 0.1) is 35.6 Å². The Morgan fingerprint density at radius 1 is 0.627 bits per heavy atom. The summed E-state index contributed by atoms with van der Waals surface area (Å²) < 4.78 is 13.8. The first kappa shape index (κ1) is 55.7. The number of hydrogen-bond donors (Lipinski definition) is 8. The summed E-state index contributed by atoms with van der Waals surface area (Å²) in [7, 11) is 10.8. The Morgan fingerprint density at radius 2 is 1.11 bits per heavy atom. The van der Waals surface area contributed by atoms with E-state index in [-0.39, 0.29) is 107 Å². The van der Waals surface area contributed by atoms with Crippen molar-refractivity contribution in [3.63, 3.8) is 0 Å². The van der Waals surface area contributed by atoms with Crippen molar-refractivity contribution in [3.8, 4) is 0 Å². The predicted octanol–water partition coefficient (Wildman–Crippen LogP) is 1.91. The Labute approximate surface area is 471 Å². The molecule has 29 nitrogen and oxygen atoms in total. The molecule has 1 spiro atoms. The molecule has 430 valence electrons. The molecule has 29 heteroatoms. The first-order valence-electron chi connectivity index (χ1n) is 25.9. The number of allylic oxidation sites excluding steroid dienone is 2. The van der Waals surface area contributed by atoms with Gasteiger partial charge in [0.15, 0.2) is 23.0 Å². The van der Waals surface area contributed by atoms with E-state index < -0.39 is 63.9 Å². The molecule has 0 unspecified atom stereocenters. The highest BCUT2D eigenvalue weighted by atomic mass is 16.5. The summed E-state index contributed by atoms with van der Waals surface area (Å²) in [5.74, 6) is -5.84. The molecule has 6 aromatic rings. The number of nitrogens with zero attached hydrogens (tertiary/aromatic N) is 9. The number of ketones is 2. The molecule has 2 aliphatic heterocycles. The molecule has 4 aliphatic rings. The van der Waals surface area contributed by atoms with Crippen LogP contribution in [0.4, 0.5) is 34.4 Å². The molecule has 0 aromatic carbocycles. The van der Waals surface area contributed by atoms with E-state index in [0.717, 1.165) is 7.11 Å². The third kappa shape index (κ3) is 10.1. The van der Waals surface area contributed by atoms with Crippen molar-refractivity contribution in [1.29, 1.82) is 0 Å². The lowest BCUT2D eigenvalue weighted by molar-refractivity contribution is -0.150. The number of anilines is 6. The van der Waals surface area contributed by atoms with Gasteiger partial charge in [-0.1, -0.05) is 0 Å². The molecule has 3 atom stereocenters. The smallest absolute Gasteiger partial charge is 0.339 e. The van der Waals surface area contributed by atoms with E-state index in [1.807, 2.05) is 0 Å². The van der Waals surface area contributed by atoms with E-state index >= 15 is 0 Å². The van der Waals surface area contributed by atoms with Gasteiger partial charge in [0.25, 0.3) is 35.4 Å². The maximum Gasteiger partial charge on any atom is 0.339 e. The maximum absolute atomic E-state index is 14.1. The van der Waals surface area contributed by atoms with Gasteiger partial charge in [0.2, 0.25) is 29.2 Å². The van der Waals surface area contributed by atoms with Crippen molar-refractivity contribution in [1.82, 2.24) is 52.9 Å². The van der Waals surface area contributed by atoms with Crippen molar-refractivity contribution in [2.45, 2.75) is 38.6 Å². The summed E-state index contributed by atoms with van der Waals surface area (Å²) in [6.45, 7) is 3.06. The van der Waals surface area contributed by atoms with E-state index in [2.05, 4.69) is 52.5 Å². The van der Waals surface area contributed by atoms with Gasteiger partial charge in [-0.3, -0.25) is 47.9 Å². The molecule has 8 heterocycles. The Hall–Kier alpha value is -10.6. The second kappa shape index (κ2) is 20.8. The number of carbonyl (C=O) groups is 11. The molecule has 8 amide bonds. The molecule has 10 rings (SSSR count). The minimum Gasteiger partial charge on any atom is -0.467 e. The lowest BCUT2D eigenvalue weighted by atomic mass is 9.80. The van der Waals surface area contributed by atoms with Crippen LogP contribution < -0.4 is 42.5 Å². The van der Waals surface area contributed by atoms with Gasteiger partial charge in [-0.25, -0.2) is 14.8 Å². The zero-order valence-corrected chi connectivity index (χ0v) is 46.4. The number of aryl methyl sites for hydroxylation is 6. The second-order valence-corrected chi connectivity index (χ2v) is 20.9. The van der Waals surface area contributed by atoms with Gasteiger partial charge in [-0.15, -0.1) is 0 Å². The van der Waals surface area contributed by atoms with E-state index in [0.29, 0.717) is 29.2 Å². The van der Waals surface area contributed by atoms with Crippen LogP contribution in [0.1, 0.15) is 96.3 Å². The molecule has 1 saturated carbocycles. The molecule has 2 fully saturated rings. The van der Waals surface area contributed by atoms with Crippen LogP contribution in [0, 0.1) is 11.3 Å². The van der Waals surface area contributed by atoms with Crippen LogP contribution in [0.25, 0.3) is 0 Å². The molecular formula is C54H57N17O12. The Morgan fingerprint density at radius 3 is 1.65 bits per heavy atom. The van der Waals surface area contributed by atoms with Crippen LogP contribution in [0.2, 0.25) is 0 Å². The number of nitrogens with one attached hydrogen (secondary N) is 8. The number of Topliss-reactive ketones (excluding diaryl/α,β-unsaturated/α-hetero) is 1. The molecule has 2 aliphatic carbocycles. The van der Waals surface area contributed by atoms with E-state index in [9.17, 15) is 52.7 Å². The Kier molecular flexibility index (Phi) is 14.0. The van der Waals surface area contributed by atoms with Gasteiger partial charge in [-0.05, 0) is 49.9 Å². The van der Waals surface area contributed by atoms with E-state index in [1.54, 1.807) is 60.9 Å². The molecular weight excluding hydrogens is 1080 g/mol. The zero-order valence-electron chi connectivity index (χ0n) is 46.4. The van der Waals surface area contributed by atoms with Crippen LogP contribution in [0.15, 0.2) is 84.5 Å². The van der Waals surface area contributed by atoms with Crippen molar-refractivity contribution < 1.29 is 57.5 Å². The van der Waals surface area contributed by atoms with Crippen LogP contribution in [-0.2, 0) is 71.0 Å². The van der Waals surface area contributed by atoms with Gasteiger partial charge >= 0.3 is 5.97 Å². The number of esters is 1. The number of carbonyl (C=O) groups excluding carboxylic acids is 11. The van der Waals surface area contributed by atoms with Crippen molar-refractivity contribution >= 4 is 99.2 Å². The number of likely N-dealkylation sites (tertiary alicyclic amines) is 1. The summed E-state index contributed by atoms with van der Waals surface area (Å²) in [5, 5.41) is 21.7.